The Hall–Kier alpha value is -1.10. The summed E-state index contributed by atoms with van der Waals surface area (Å²) < 4.78 is 5.39. The van der Waals surface area contributed by atoms with Crippen molar-refractivity contribution in [1.82, 2.24) is 4.90 Å². The third-order valence-electron chi connectivity index (χ3n) is 4.08. The Morgan fingerprint density at radius 2 is 2.11 bits per heavy atom. The Balaban J connectivity index is 2.18. The number of nitrogens with zero attached hydrogens (tertiary/aromatic N) is 2. The molecular weight excluding hydrogens is 230 g/mol. The number of aliphatic imine (C=N–C) groups is 1. The van der Waals surface area contributed by atoms with Gasteiger partial charge in [0.25, 0.3) is 0 Å². The monoisotopic (exact) mass is 253 g/mol. The van der Waals surface area contributed by atoms with Crippen LogP contribution < -0.4 is 5.73 Å². The minimum absolute atomic E-state index is 0.169. The molecule has 102 valence electrons. The van der Waals surface area contributed by atoms with E-state index in [4.69, 9.17) is 10.5 Å². The van der Waals surface area contributed by atoms with Gasteiger partial charge in [0.15, 0.2) is 0 Å². The van der Waals surface area contributed by atoms with Crippen molar-refractivity contribution >= 4 is 11.9 Å². The van der Waals surface area contributed by atoms with Crippen LogP contribution in [0.5, 0.6) is 0 Å². The zero-order valence-corrected chi connectivity index (χ0v) is 11.5. The predicted molar refractivity (Wildman–Crippen MR) is 70.6 cm³/mol. The lowest BCUT2D eigenvalue weighted by Gasteiger charge is -2.43. The van der Waals surface area contributed by atoms with Gasteiger partial charge in [0.05, 0.1) is 6.10 Å². The van der Waals surface area contributed by atoms with E-state index >= 15 is 0 Å². The Morgan fingerprint density at radius 3 is 2.61 bits per heavy atom. The first kappa shape index (κ1) is 13.3. The molecule has 0 bridgehead atoms. The highest BCUT2D eigenvalue weighted by molar-refractivity contribution is 6.05. The average molecular weight is 253 g/mol. The van der Waals surface area contributed by atoms with Crippen LogP contribution in [0.25, 0.3) is 0 Å². The van der Waals surface area contributed by atoms with Crippen LogP contribution in [0.15, 0.2) is 4.99 Å². The van der Waals surface area contributed by atoms with E-state index in [2.05, 4.69) is 18.8 Å². The van der Waals surface area contributed by atoms with Gasteiger partial charge >= 0.3 is 6.03 Å². The van der Waals surface area contributed by atoms with Crippen molar-refractivity contribution < 1.29 is 9.53 Å². The molecule has 5 heteroatoms. The molecule has 1 spiro atoms. The Kier molecular flexibility index (Phi) is 3.61. The van der Waals surface area contributed by atoms with Crippen molar-refractivity contribution in [3.63, 3.8) is 0 Å². The fraction of sp³-hybridized carbons (Fsp3) is 0.846. The van der Waals surface area contributed by atoms with Gasteiger partial charge in [0.2, 0.25) is 0 Å². The van der Waals surface area contributed by atoms with E-state index in [0.717, 1.165) is 32.2 Å². The van der Waals surface area contributed by atoms with E-state index < -0.39 is 0 Å². The Morgan fingerprint density at radius 1 is 1.50 bits per heavy atom. The van der Waals surface area contributed by atoms with Crippen LogP contribution in [0.4, 0.5) is 4.79 Å². The number of amides is 2. The van der Waals surface area contributed by atoms with Crippen LogP contribution in [0.3, 0.4) is 0 Å². The maximum atomic E-state index is 12.0. The molecule has 1 saturated carbocycles. The predicted octanol–water partition coefficient (Wildman–Crippen LogP) is 1.76. The zero-order chi connectivity index (χ0) is 13.3. The summed E-state index contributed by atoms with van der Waals surface area (Å²) in [7, 11) is 1.74. The molecule has 1 fully saturated rings. The van der Waals surface area contributed by atoms with Crippen molar-refractivity contribution in [2.24, 2.45) is 16.6 Å². The summed E-state index contributed by atoms with van der Waals surface area (Å²) in [6, 6.07) is -0.169. The third-order valence-corrected chi connectivity index (χ3v) is 4.08. The number of hydrogen-bond donors (Lipinski definition) is 1. The van der Waals surface area contributed by atoms with E-state index in [1.54, 1.807) is 7.11 Å². The maximum absolute atomic E-state index is 12.0. The number of carbonyl (C=O) groups is 1. The van der Waals surface area contributed by atoms with E-state index in [-0.39, 0.29) is 11.6 Å². The standard InChI is InChI=1S/C13H23N3O2/c1-9(2)8-16-12(17)15-11(14)13(16)6-4-10(18-3)5-7-13/h9-10H,4-8H2,1-3H3,(H2,14,15,17). The number of rotatable bonds is 3. The van der Waals surface area contributed by atoms with Gasteiger partial charge in [-0.25, -0.2) is 4.79 Å². The lowest BCUT2D eigenvalue weighted by atomic mass is 9.78. The molecule has 2 amide bonds. The van der Waals surface area contributed by atoms with Gasteiger partial charge in [-0.05, 0) is 31.6 Å². The first-order chi connectivity index (χ1) is 8.49. The van der Waals surface area contributed by atoms with Gasteiger partial charge in [-0.2, -0.15) is 4.99 Å². The molecule has 2 aliphatic rings. The first-order valence-electron chi connectivity index (χ1n) is 6.68. The summed E-state index contributed by atoms with van der Waals surface area (Å²) >= 11 is 0. The molecule has 1 aliphatic heterocycles. The first-order valence-corrected chi connectivity index (χ1v) is 6.68. The molecule has 5 nitrogen and oxygen atoms in total. The molecule has 0 saturated heterocycles. The lowest BCUT2D eigenvalue weighted by Crippen LogP contribution is -2.57. The number of carbonyl (C=O) groups excluding carboxylic acids is 1. The van der Waals surface area contributed by atoms with Gasteiger partial charge in [0, 0.05) is 13.7 Å². The van der Waals surface area contributed by atoms with E-state index in [1.165, 1.54) is 0 Å². The Bertz CT molecular complexity index is 357. The van der Waals surface area contributed by atoms with Gasteiger partial charge in [-0.1, -0.05) is 13.8 Å². The summed E-state index contributed by atoms with van der Waals surface area (Å²) in [5.74, 6) is 0.926. The largest absolute Gasteiger partial charge is 0.385 e. The van der Waals surface area contributed by atoms with Crippen molar-refractivity contribution in [3.05, 3.63) is 0 Å². The lowest BCUT2D eigenvalue weighted by molar-refractivity contribution is 0.0320. The van der Waals surface area contributed by atoms with Crippen LogP contribution >= 0.6 is 0 Å². The Labute approximate surface area is 108 Å². The summed E-state index contributed by atoms with van der Waals surface area (Å²) in [5, 5.41) is 0. The molecule has 0 unspecified atom stereocenters. The summed E-state index contributed by atoms with van der Waals surface area (Å²) in [6.07, 6.45) is 3.89. The second kappa shape index (κ2) is 4.88. The summed E-state index contributed by atoms with van der Waals surface area (Å²) in [5.41, 5.74) is 5.70. The number of hydrogen-bond acceptors (Lipinski definition) is 3. The van der Waals surface area contributed by atoms with Crippen molar-refractivity contribution in [3.8, 4) is 0 Å². The molecule has 2 N–H and O–H groups in total. The smallest absolute Gasteiger partial charge is 0.346 e. The van der Waals surface area contributed by atoms with Crippen molar-refractivity contribution in [1.29, 1.82) is 0 Å². The van der Waals surface area contributed by atoms with Gasteiger partial charge in [-0.15, -0.1) is 0 Å². The van der Waals surface area contributed by atoms with Crippen LogP contribution in [-0.4, -0.2) is 42.1 Å². The molecule has 18 heavy (non-hydrogen) atoms. The van der Waals surface area contributed by atoms with Gasteiger partial charge in [0.1, 0.15) is 11.4 Å². The molecule has 0 aromatic rings. The van der Waals surface area contributed by atoms with E-state index in [1.807, 2.05) is 4.90 Å². The van der Waals surface area contributed by atoms with Gasteiger partial charge in [-0.3, -0.25) is 0 Å². The third kappa shape index (κ3) is 2.11. The topological polar surface area (TPSA) is 67.9 Å². The highest BCUT2D eigenvalue weighted by atomic mass is 16.5. The molecule has 2 rings (SSSR count). The van der Waals surface area contributed by atoms with Crippen LogP contribution in [0.1, 0.15) is 39.5 Å². The summed E-state index contributed by atoms with van der Waals surface area (Å²) in [6.45, 7) is 4.94. The normalized spacial score (nSPS) is 32.4. The maximum Gasteiger partial charge on any atom is 0.346 e. The number of urea groups is 1. The second-order valence-electron chi connectivity index (χ2n) is 5.75. The van der Waals surface area contributed by atoms with Crippen molar-refractivity contribution in [2.75, 3.05) is 13.7 Å². The van der Waals surface area contributed by atoms with Crippen LogP contribution in [0, 0.1) is 5.92 Å². The quantitative estimate of drug-likeness (QED) is 0.833. The minimum Gasteiger partial charge on any atom is -0.385 e. The number of ether oxygens (including phenoxy) is 1. The molecule has 0 atom stereocenters. The van der Waals surface area contributed by atoms with E-state index in [0.29, 0.717) is 17.9 Å². The van der Waals surface area contributed by atoms with Gasteiger partial charge < -0.3 is 15.4 Å². The van der Waals surface area contributed by atoms with Crippen molar-refractivity contribution in [2.45, 2.75) is 51.2 Å². The SMILES string of the molecule is COC1CCC2(CC1)C(N)=NC(=O)N2CC(C)C. The zero-order valence-electron chi connectivity index (χ0n) is 11.5. The summed E-state index contributed by atoms with van der Waals surface area (Å²) in [4.78, 5) is 17.8. The molecule has 0 aromatic heterocycles. The number of nitrogens with two attached hydrogens (primary N) is 1. The fourth-order valence-corrected chi connectivity index (χ4v) is 3.04. The fourth-order valence-electron chi connectivity index (χ4n) is 3.04. The molecule has 0 radical (unpaired) electrons. The molecule has 1 heterocycles. The minimum atomic E-state index is -0.337. The highest BCUT2D eigenvalue weighted by Crippen LogP contribution is 2.38. The van der Waals surface area contributed by atoms with Crippen LogP contribution in [0.2, 0.25) is 0 Å². The second-order valence-corrected chi connectivity index (χ2v) is 5.75. The number of methoxy groups -OCH3 is 1. The molecule has 0 aromatic carbocycles. The molecule has 1 aliphatic carbocycles. The van der Waals surface area contributed by atoms with E-state index in [9.17, 15) is 4.79 Å². The van der Waals surface area contributed by atoms with Crippen LogP contribution in [-0.2, 0) is 4.74 Å². The number of amidine groups is 1. The highest BCUT2D eigenvalue weighted by Gasteiger charge is 2.50. The molecular formula is C13H23N3O2. The average Bonchev–Trinajstić information content (AvgIpc) is 2.55.